The SMILES string of the molecule is N#[N+]c1cc(Cl)ccc1Cl.Nc1cc(Cl)ccc1Cl.O=[N+]([O-])c1cc(Cl)ccc1Cl.Oc1cc(Cl)ccc1Cl. The van der Waals surface area contributed by atoms with Crippen molar-refractivity contribution in [1.29, 1.82) is 5.39 Å². The molecular weight excluding hydrogens is 676 g/mol. The zero-order valence-corrected chi connectivity index (χ0v) is 25.2. The molecule has 0 bridgehead atoms. The van der Waals surface area contributed by atoms with Gasteiger partial charge in [0.1, 0.15) is 15.8 Å². The zero-order valence-electron chi connectivity index (χ0n) is 19.1. The molecule has 0 saturated carbocycles. The molecule has 0 heterocycles. The molecule has 0 aliphatic rings. The number of anilines is 1. The number of diazo groups is 1. The normalized spacial score (nSPS) is 9.41. The third-order valence-corrected chi connectivity index (χ3v) is 6.23. The van der Waals surface area contributed by atoms with E-state index in [1.165, 1.54) is 30.3 Å². The Morgan fingerprint density at radius 1 is 0.667 bits per heavy atom. The fourth-order valence-electron chi connectivity index (χ4n) is 2.19. The van der Waals surface area contributed by atoms with Crippen molar-refractivity contribution in [2.75, 3.05) is 5.73 Å². The van der Waals surface area contributed by atoms with Crippen LogP contribution in [0.5, 0.6) is 5.75 Å². The number of nitrogens with two attached hydrogens (primary N) is 1. The van der Waals surface area contributed by atoms with Gasteiger partial charge < -0.3 is 10.8 Å². The summed E-state index contributed by atoms with van der Waals surface area (Å²) in [7, 11) is 0. The predicted molar refractivity (Wildman–Crippen MR) is 163 cm³/mol. The number of nitrogen functional groups attached to an aromatic ring is 1. The lowest BCUT2D eigenvalue weighted by molar-refractivity contribution is -0.384. The van der Waals surface area contributed by atoms with Crippen LogP contribution < -0.4 is 5.73 Å². The largest absolute Gasteiger partial charge is 0.506 e. The van der Waals surface area contributed by atoms with Gasteiger partial charge in [-0.3, -0.25) is 10.1 Å². The second kappa shape index (κ2) is 17.3. The van der Waals surface area contributed by atoms with E-state index < -0.39 is 4.92 Å². The van der Waals surface area contributed by atoms with E-state index in [4.69, 9.17) is 109 Å². The standard InChI is InChI=1S/C6H3Cl2N2.C6H3Cl2NO2.C6H5Cl2N.C6H4Cl2O/c7-4-1-2-5(8)6(3-4)10-9;7-4-1-2-5(8)6(3-4)9(10)11;2*7-4-1-2-5(8)6(9)3-4/h1-3H;1-3H;1-3H,9H2;1-3,9H/q+1;;;. The molecule has 0 aromatic heterocycles. The average Bonchev–Trinajstić information content (AvgIpc) is 2.88. The summed E-state index contributed by atoms with van der Waals surface area (Å²) in [4.78, 5) is 12.6. The van der Waals surface area contributed by atoms with E-state index in [0.29, 0.717) is 40.8 Å². The highest BCUT2D eigenvalue weighted by Crippen LogP contribution is 2.28. The number of halogens is 8. The van der Waals surface area contributed by atoms with Gasteiger partial charge in [0.2, 0.25) is 5.39 Å². The maximum Gasteiger partial charge on any atom is 0.404 e. The summed E-state index contributed by atoms with van der Waals surface area (Å²) in [5.41, 5.74) is 6.04. The third kappa shape index (κ3) is 13.0. The molecular formula is C24H15Cl8N4O3+. The molecule has 7 nitrogen and oxygen atoms in total. The fraction of sp³-hybridized carbons (Fsp3) is 0. The minimum absolute atomic E-state index is 0.0177. The highest BCUT2D eigenvalue weighted by atomic mass is 35.5. The van der Waals surface area contributed by atoms with Crippen molar-refractivity contribution in [3.05, 3.63) is 128 Å². The van der Waals surface area contributed by atoms with Gasteiger partial charge in [-0.15, -0.1) is 0 Å². The maximum absolute atomic E-state index is 10.2. The van der Waals surface area contributed by atoms with Gasteiger partial charge in [-0.1, -0.05) is 92.8 Å². The number of aromatic hydroxyl groups is 1. The van der Waals surface area contributed by atoms with Crippen molar-refractivity contribution >= 4 is 110 Å². The summed E-state index contributed by atoms with van der Waals surface area (Å²) in [6, 6.07) is 18.3. The first kappa shape index (κ1) is 34.6. The number of hydrogen-bond acceptors (Lipinski definition) is 5. The number of benzene rings is 4. The maximum atomic E-state index is 10.2. The Labute approximate surface area is 263 Å². The van der Waals surface area contributed by atoms with Crippen molar-refractivity contribution < 1.29 is 10.0 Å². The first-order chi connectivity index (χ1) is 18.2. The van der Waals surface area contributed by atoms with E-state index in [1.54, 1.807) is 42.5 Å². The lowest BCUT2D eigenvalue weighted by Crippen LogP contribution is -1.87. The third-order valence-electron chi connectivity index (χ3n) is 3.99. The van der Waals surface area contributed by atoms with Gasteiger partial charge in [0, 0.05) is 32.2 Å². The van der Waals surface area contributed by atoms with Crippen molar-refractivity contribution in [3.63, 3.8) is 0 Å². The Balaban J connectivity index is 0.000000261. The van der Waals surface area contributed by atoms with Gasteiger partial charge in [-0.25, -0.2) is 0 Å². The Morgan fingerprint density at radius 2 is 1.10 bits per heavy atom. The van der Waals surface area contributed by atoms with Crippen molar-refractivity contribution in [3.8, 4) is 5.75 Å². The smallest absolute Gasteiger partial charge is 0.404 e. The summed E-state index contributed by atoms with van der Waals surface area (Å²) >= 11 is 44.3. The first-order valence-electron chi connectivity index (χ1n) is 9.99. The van der Waals surface area contributed by atoms with Crippen LogP contribution in [-0.4, -0.2) is 10.0 Å². The molecule has 3 N–H and O–H groups in total. The Hall–Kier alpha value is -2.38. The molecule has 0 aliphatic carbocycles. The van der Waals surface area contributed by atoms with Gasteiger partial charge in [0.05, 0.1) is 26.7 Å². The number of phenolic OH excluding ortho intramolecular Hbond substituents is 1. The van der Waals surface area contributed by atoms with Crippen LogP contribution in [0.4, 0.5) is 17.1 Å². The monoisotopic (exact) mass is 687 g/mol. The second-order valence-corrected chi connectivity index (χ2v) is 10.2. The van der Waals surface area contributed by atoms with Gasteiger partial charge >= 0.3 is 5.69 Å². The minimum atomic E-state index is -0.575. The fourth-order valence-corrected chi connectivity index (χ4v) is 3.45. The second-order valence-electron chi connectivity index (χ2n) is 6.81. The van der Waals surface area contributed by atoms with Crippen molar-refractivity contribution in [2.24, 2.45) is 0 Å². The first-order valence-corrected chi connectivity index (χ1v) is 13.0. The molecule has 0 amide bonds. The zero-order chi connectivity index (χ0) is 29.7. The minimum Gasteiger partial charge on any atom is -0.506 e. The Morgan fingerprint density at radius 3 is 1.49 bits per heavy atom. The Bertz CT molecular complexity index is 1430. The van der Waals surface area contributed by atoms with Crippen LogP contribution in [0.15, 0.2) is 72.8 Å². The molecule has 0 spiro atoms. The molecule has 4 rings (SSSR count). The number of phenols is 1. The number of rotatable bonds is 1. The molecule has 0 atom stereocenters. The molecule has 4 aromatic rings. The van der Waals surface area contributed by atoms with E-state index >= 15 is 0 Å². The van der Waals surface area contributed by atoms with Gasteiger partial charge in [-0.2, -0.15) is 0 Å². The lowest BCUT2D eigenvalue weighted by atomic mass is 10.3. The molecule has 4 aromatic carbocycles. The van der Waals surface area contributed by atoms with Crippen molar-refractivity contribution in [2.45, 2.75) is 0 Å². The molecule has 15 heteroatoms. The molecule has 0 fully saturated rings. The Kier molecular flexibility index (Phi) is 15.4. The lowest BCUT2D eigenvalue weighted by Gasteiger charge is -1.95. The molecule has 204 valence electrons. The summed E-state index contributed by atoms with van der Waals surface area (Å²) in [5, 5.41) is 30.7. The molecule has 39 heavy (non-hydrogen) atoms. The molecule has 0 saturated heterocycles. The number of hydrogen-bond donors (Lipinski definition) is 2. The average molecular weight is 691 g/mol. The van der Waals surface area contributed by atoms with Gasteiger partial charge in [-0.05, 0) is 54.6 Å². The van der Waals surface area contributed by atoms with E-state index in [-0.39, 0.29) is 22.1 Å². The number of nitro groups is 1. The molecule has 0 aliphatic heterocycles. The van der Waals surface area contributed by atoms with E-state index in [1.807, 2.05) is 0 Å². The highest BCUT2D eigenvalue weighted by molar-refractivity contribution is 6.36. The van der Waals surface area contributed by atoms with Crippen LogP contribution in [0.1, 0.15) is 0 Å². The number of nitrogens with zero attached hydrogens (tertiary/aromatic N) is 3. The van der Waals surface area contributed by atoms with Crippen molar-refractivity contribution in [1.82, 2.24) is 0 Å². The highest BCUT2D eigenvalue weighted by Gasteiger charge is 2.11. The van der Waals surface area contributed by atoms with Gasteiger partial charge in [0.15, 0.2) is 4.98 Å². The molecule has 0 radical (unpaired) electrons. The van der Waals surface area contributed by atoms with E-state index in [9.17, 15) is 10.1 Å². The van der Waals surface area contributed by atoms with Crippen LogP contribution in [0.3, 0.4) is 0 Å². The summed E-state index contributed by atoms with van der Waals surface area (Å²) in [6.07, 6.45) is 0. The van der Waals surface area contributed by atoms with Crippen LogP contribution in [0, 0.1) is 15.5 Å². The van der Waals surface area contributed by atoms with E-state index in [0.717, 1.165) is 0 Å². The summed E-state index contributed by atoms with van der Waals surface area (Å²) < 4.78 is 0. The topological polar surface area (TPSA) is 118 Å². The van der Waals surface area contributed by atoms with Crippen LogP contribution in [-0.2, 0) is 0 Å². The van der Waals surface area contributed by atoms with E-state index in [2.05, 4.69) is 4.98 Å². The molecule has 0 unspecified atom stereocenters. The van der Waals surface area contributed by atoms with Crippen LogP contribution in [0.2, 0.25) is 40.2 Å². The van der Waals surface area contributed by atoms with Gasteiger partial charge in [0.25, 0.3) is 5.69 Å². The number of nitro benzene ring substituents is 1. The summed E-state index contributed by atoms with van der Waals surface area (Å²) in [6.45, 7) is 0. The van der Waals surface area contributed by atoms with Crippen LogP contribution >= 0.6 is 92.8 Å². The van der Waals surface area contributed by atoms with Crippen LogP contribution in [0.25, 0.3) is 4.98 Å². The predicted octanol–water partition coefficient (Wildman–Crippen LogP) is 11.7. The summed E-state index contributed by atoms with van der Waals surface area (Å²) in [5.74, 6) is 0.0177. The quantitative estimate of drug-likeness (QED) is 0.0892.